The van der Waals surface area contributed by atoms with Gasteiger partial charge < -0.3 is 20.3 Å². The Labute approximate surface area is 246 Å². The molecule has 4 aromatic rings. The van der Waals surface area contributed by atoms with E-state index in [1.807, 2.05) is 11.8 Å². The first-order chi connectivity index (χ1) is 20.6. The zero-order valence-electron chi connectivity index (χ0n) is 23.4. The molecule has 0 radical (unpaired) electrons. The Morgan fingerprint density at radius 1 is 1.09 bits per heavy atom. The topological polar surface area (TPSA) is 142 Å². The number of halogens is 2. The highest BCUT2D eigenvalue weighted by Gasteiger charge is 2.58. The van der Waals surface area contributed by atoms with E-state index in [1.165, 1.54) is 6.20 Å². The molecule has 2 aliphatic rings. The van der Waals surface area contributed by atoms with E-state index in [9.17, 15) is 22.0 Å². The predicted octanol–water partition coefficient (Wildman–Crippen LogP) is 4.79. The van der Waals surface area contributed by atoms with Gasteiger partial charge in [0.05, 0.1) is 42.5 Å². The van der Waals surface area contributed by atoms with Crippen LogP contribution in [0.15, 0.2) is 59.6 Å². The number of carbonyl (C=O) groups excluding carboxylic acids is 1. The highest BCUT2D eigenvalue weighted by atomic mass is 32.2. The van der Waals surface area contributed by atoms with Crippen molar-refractivity contribution in [3.63, 3.8) is 0 Å². The van der Waals surface area contributed by atoms with Crippen molar-refractivity contribution in [3.8, 4) is 11.4 Å². The van der Waals surface area contributed by atoms with E-state index in [1.54, 1.807) is 37.3 Å². The van der Waals surface area contributed by atoms with E-state index in [0.717, 1.165) is 12.1 Å². The Balaban J connectivity index is 1.35. The number of anilines is 3. The van der Waals surface area contributed by atoms with Crippen LogP contribution in [-0.4, -0.2) is 60.4 Å². The number of morpholine rings is 1. The quantitative estimate of drug-likeness (QED) is 0.254. The number of benzene rings is 2. The van der Waals surface area contributed by atoms with Gasteiger partial charge in [-0.1, -0.05) is 0 Å². The first-order valence-corrected chi connectivity index (χ1v) is 15.2. The number of rotatable bonds is 7. The van der Waals surface area contributed by atoms with Crippen molar-refractivity contribution < 1.29 is 26.7 Å². The summed E-state index contributed by atoms with van der Waals surface area (Å²) in [4.78, 5) is 23.4. The Hall–Kier alpha value is -4.43. The molecule has 6 rings (SSSR count). The van der Waals surface area contributed by atoms with Crippen molar-refractivity contribution in [1.82, 2.24) is 20.2 Å². The van der Waals surface area contributed by atoms with Crippen molar-refractivity contribution in [2.24, 2.45) is 0 Å². The second-order valence-electron chi connectivity index (χ2n) is 10.7. The molecule has 3 N–H and O–H groups in total. The number of H-pyrrole nitrogens is 1. The summed E-state index contributed by atoms with van der Waals surface area (Å²) in [6.07, 6.45) is 1.97. The van der Waals surface area contributed by atoms with Gasteiger partial charge in [0.25, 0.3) is 0 Å². The number of nitrogens with zero attached hydrogens (tertiary/aromatic N) is 4. The summed E-state index contributed by atoms with van der Waals surface area (Å²) in [6, 6.07) is 10.4. The van der Waals surface area contributed by atoms with Crippen LogP contribution in [0.1, 0.15) is 31.2 Å². The van der Waals surface area contributed by atoms with Gasteiger partial charge in [-0.05, 0) is 63.1 Å². The fourth-order valence-corrected chi connectivity index (χ4v) is 7.16. The summed E-state index contributed by atoms with van der Waals surface area (Å²) in [5.41, 5.74) is 2.60. The maximum atomic E-state index is 14.7. The molecule has 1 saturated heterocycles. The first kappa shape index (κ1) is 28.7. The molecule has 14 heteroatoms. The van der Waals surface area contributed by atoms with Gasteiger partial charge in [-0.2, -0.15) is 5.10 Å². The van der Waals surface area contributed by atoms with Crippen LogP contribution in [0.3, 0.4) is 0 Å². The van der Waals surface area contributed by atoms with E-state index in [2.05, 4.69) is 20.8 Å². The average molecular weight is 610 g/mol. The van der Waals surface area contributed by atoms with Crippen molar-refractivity contribution in [1.29, 1.82) is 0 Å². The van der Waals surface area contributed by atoms with Crippen LogP contribution in [0.2, 0.25) is 0 Å². The Morgan fingerprint density at radius 3 is 2.51 bits per heavy atom. The molecule has 1 aliphatic heterocycles. The number of hydrogen-bond donors (Lipinski definition) is 3. The number of amides is 2. The molecule has 1 saturated carbocycles. The zero-order chi connectivity index (χ0) is 30.4. The number of aromatic nitrogens is 4. The summed E-state index contributed by atoms with van der Waals surface area (Å²) >= 11 is 0. The lowest BCUT2D eigenvalue weighted by atomic mass is 10.1. The van der Waals surface area contributed by atoms with E-state index < -0.39 is 37.1 Å². The first-order valence-electron chi connectivity index (χ1n) is 13.7. The largest absolute Gasteiger partial charge is 0.377 e. The molecule has 0 unspecified atom stereocenters. The third kappa shape index (κ3) is 5.43. The average Bonchev–Trinajstić information content (AvgIpc) is 3.71. The molecule has 2 aromatic carbocycles. The van der Waals surface area contributed by atoms with Crippen LogP contribution in [0.25, 0.3) is 11.4 Å². The lowest BCUT2D eigenvalue weighted by Crippen LogP contribution is -2.44. The molecular weight excluding hydrogens is 580 g/mol. The third-order valence-corrected chi connectivity index (χ3v) is 10.3. The van der Waals surface area contributed by atoms with Crippen LogP contribution in [-0.2, 0) is 19.3 Å². The van der Waals surface area contributed by atoms with Gasteiger partial charge in [-0.15, -0.1) is 0 Å². The number of aryl methyl sites for hydroxylation is 1. The van der Waals surface area contributed by atoms with Gasteiger partial charge in [0.1, 0.15) is 27.1 Å². The van der Waals surface area contributed by atoms with Crippen molar-refractivity contribution in [3.05, 3.63) is 77.8 Å². The normalized spacial score (nSPS) is 17.9. The number of carbonyl (C=O) groups is 1. The van der Waals surface area contributed by atoms with Crippen LogP contribution >= 0.6 is 0 Å². The molecule has 1 aliphatic carbocycles. The summed E-state index contributed by atoms with van der Waals surface area (Å²) in [6.45, 7) is 5.25. The fourth-order valence-electron chi connectivity index (χ4n) is 5.16. The summed E-state index contributed by atoms with van der Waals surface area (Å²) in [7, 11) is -4.27. The van der Waals surface area contributed by atoms with Crippen molar-refractivity contribution in [2.75, 3.05) is 35.3 Å². The minimum atomic E-state index is -4.27. The summed E-state index contributed by atoms with van der Waals surface area (Å²) < 4.78 is 60.1. The molecule has 2 amide bonds. The highest BCUT2D eigenvalue weighted by molar-refractivity contribution is 7.92. The molecule has 0 spiro atoms. The molecular formula is C29H29F2N7O4S. The van der Waals surface area contributed by atoms with Gasteiger partial charge >= 0.3 is 6.03 Å². The standard InChI is InChI=1S/C29H29F2N7O4S/c1-17-16-42-12-11-38(17)26-14-25(29(9-10-29)43(40,41)24-8-5-20(30)13-22(24)31)35-27(36-26)19-3-6-21(7-4-19)33-28(39)34-23-15-32-37-18(23)2/h3-8,13-15,17H,9-12,16H2,1-2H3,(H,32,37)(H2,33,34,39)/t17-/m0/s1. The predicted molar refractivity (Wildman–Crippen MR) is 156 cm³/mol. The highest BCUT2D eigenvalue weighted by Crippen LogP contribution is 2.55. The van der Waals surface area contributed by atoms with Crippen LogP contribution in [0.5, 0.6) is 0 Å². The molecule has 3 heterocycles. The molecule has 0 bridgehead atoms. The van der Waals surface area contributed by atoms with Gasteiger partial charge in [0.2, 0.25) is 0 Å². The van der Waals surface area contributed by atoms with Gasteiger partial charge in [0, 0.05) is 29.9 Å². The van der Waals surface area contributed by atoms with E-state index in [-0.39, 0.29) is 30.4 Å². The molecule has 2 fully saturated rings. The maximum absolute atomic E-state index is 14.7. The number of urea groups is 1. The van der Waals surface area contributed by atoms with Crippen LogP contribution in [0, 0.1) is 18.6 Å². The smallest absolute Gasteiger partial charge is 0.323 e. The van der Waals surface area contributed by atoms with E-state index >= 15 is 0 Å². The van der Waals surface area contributed by atoms with Gasteiger partial charge in [-0.25, -0.2) is 32.0 Å². The SMILES string of the molecule is Cc1[nH]ncc1NC(=O)Nc1ccc(-c2nc(N3CCOC[C@@H]3C)cc(C3(S(=O)(=O)c4ccc(F)cc4F)CC3)n2)cc1. The number of hydrogen-bond acceptors (Lipinski definition) is 8. The van der Waals surface area contributed by atoms with Gasteiger partial charge in [0.15, 0.2) is 15.7 Å². The third-order valence-electron chi connectivity index (χ3n) is 7.72. The Bertz CT molecular complexity index is 1790. The van der Waals surface area contributed by atoms with Crippen LogP contribution < -0.4 is 15.5 Å². The number of nitrogens with one attached hydrogen (secondary N) is 3. The second kappa shape index (κ2) is 11.0. The van der Waals surface area contributed by atoms with Crippen LogP contribution in [0.4, 0.5) is 30.8 Å². The zero-order valence-corrected chi connectivity index (χ0v) is 24.2. The monoisotopic (exact) mass is 609 g/mol. The van der Waals surface area contributed by atoms with Gasteiger partial charge in [-0.3, -0.25) is 5.10 Å². The summed E-state index contributed by atoms with van der Waals surface area (Å²) in [5, 5.41) is 12.1. The minimum absolute atomic E-state index is 0.0328. The van der Waals surface area contributed by atoms with Crippen molar-refractivity contribution >= 4 is 33.1 Å². The maximum Gasteiger partial charge on any atom is 0.323 e. The molecule has 1 atom stereocenters. The molecule has 2 aromatic heterocycles. The summed E-state index contributed by atoms with van der Waals surface area (Å²) in [5.74, 6) is -1.20. The molecule has 224 valence electrons. The number of ether oxygens (including phenoxy) is 1. The van der Waals surface area contributed by atoms with E-state index in [0.29, 0.717) is 54.3 Å². The van der Waals surface area contributed by atoms with E-state index in [4.69, 9.17) is 14.7 Å². The Kier molecular flexibility index (Phi) is 7.34. The fraction of sp³-hybridized carbons (Fsp3) is 0.310. The lowest BCUT2D eigenvalue weighted by Gasteiger charge is -2.34. The second-order valence-corrected chi connectivity index (χ2v) is 12.9. The van der Waals surface area contributed by atoms with Crippen molar-refractivity contribution in [2.45, 2.75) is 42.4 Å². The number of sulfone groups is 1. The number of aromatic amines is 1. The molecule has 43 heavy (non-hydrogen) atoms. The molecule has 11 nitrogen and oxygen atoms in total. The Morgan fingerprint density at radius 2 is 1.86 bits per heavy atom. The lowest BCUT2D eigenvalue weighted by molar-refractivity contribution is 0.0985. The minimum Gasteiger partial charge on any atom is -0.377 e.